The number of benzene rings is 2. The van der Waals surface area contributed by atoms with Crippen molar-refractivity contribution in [1.82, 2.24) is 0 Å². The van der Waals surface area contributed by atoms with Gasteiger partial charge in [-0.3, -0.25) is 4.79 Å². The van der Waals surface area contributed by atoms with Crippen LogP contribution in [0, 0.1) is 17.7 Å². The molecule has 2 aromatic carbocycles. The molecule has 4 atom stereocenters. The predicted molar refractivity (Wildman–Crippen MR) is 121 cm³/mol. The second-order valence-corrected chi connectivity index (χ2v) is 12.0. The van der Waals surface area contributed by atoms with Gasteiger partial charge in [-0.05, 0) is 96.8 Å². The van der Waals surface area contributed by atoms with E-state index in [2.05, 4.69) is 21.2 Å². The third-order valence-corrected chi connectivity index (χ3v) is 9.99. The molecule has 166 valence electrons. The van der Waals surface area contributed by atoms with E-state index in [9.17, 15) is 22.7 Å². The molecule has 0 aromatic heterocycles. The molecule has 1 amide bonds. The van der Waals surface area contributed by atoms with Crippen molar-refractivity contribution >= 4 is 49.0 Å². The van der Waals surface area contributed by atoms with Crippen molar-refractivity contribution < 1.29 is 22.7 Å². The number of hydrogen-bond acceptors (Lipinski definition) is 4. The van der Waals surface area contributed by atoms with Crippen LogP contribution in [-0.4, -0.2) is 30.3 Å². The highest BCUT2D eigenvalue weighted by Gasteiger charge is 2.53. The van der Waals surface area contributed by atoms with Crippen LogP contribution in [-0.2, 0) is 9.84 Å². The molecule has 0 aliphatic heterocycles. The van der Waals surface area contributed by atoms with Crippen molar-refractivity contribution in [2.75, 3.05) is 5.32 Å². The summed E-state index contributed by atoms with van der Waals surface area (Å²) < 4.78 is 40.4. The molecule has 0 heterocycles. The molecule has 0 radical (unpaired) electrons. The molecule has 3 unspecified atom stereocenters. The molecule has 2 saturated carbocycles. The number of halogens is 3. The third-order valence-electron chi connectivity index (χ3n) is 6.73. The van der Waals surface area contributed by atoms with Gasteiger partial charge in [-0.15, -0.1) is 0 Å². The highest BCUT2D eigenvalue weighted by Crippen LogP contribution is 2.51. The molecular weight excluding hydrogens is 509 g/mol. The fraction of sp³-hybridized carbons (Fsp3) is 0.409. The predicted octanol–water partition coefficient (Wildman–Crippen LogP) is 5.21. The van der Waals surface area contributed by atoms with Gasteiger partial charge in [0.2, 0.25) is 0 Å². The normalized spacial score (nSPS) is 27.8. The van der Waals surface area contributed by atoms with E-state index < -0.39 is 32.4 Å². The van der Waals surface area contributed by atoms with E-state index in [-0.39, 0.29) is 31.8 Å². The minimum absolute atomic E-state index is 0.0609. The number of sulfone groups is 1. The standard InChI is InChI=1S/C22H22BrClFNO4S/c1-22(28)13-3-4-14(22)10-16(9-13)31(29,30)20-8-12(2-6-18(20)24)21(27)26-15-5-7-19(25)17(23)11-15/h2,5-8,11,13-14,16,28H,3-4,9-10H2,1H3,(H,26,27)/t13-,14?,16?,22?/m0/s1. The van der Waals surface area contributed by atoms with E-state index in [1.165, 1.54) is 36.4 Å². The molecule has 4 rings (SSSR count). The molecule has 2 aromatic rings. The van der Waals surface area contributed by atoms with E-state index >= 15 is 0 Å². The lowest BCUT2D eigenvalue weighted by Crippen LogP contribution is -2.45. The Morgan fingerprint density at radius 1 is 1.19 bits per heavy atom. The smallest absolute Gasteiger partial charge is 0.255 e. The number of anilines is 1. The molecule has 0 spiro atoms. The lowest BCUT2D eigenvalue weighted by Gasteiger charge is -2.40. The van der Waals surface area contributed by atoms with E-state index in [4.69, 9.17) is 11.6 Å². The minimum atomic E-state index is -3.79. The number of hydrogen-bond donors (Lipinski definition) is 2. The zero-order valence-electron chi connectivity index (χ0n) is 16.7. The first kappa shape index (κ1) is 22.7. The molecule has 9 heteroatoms. The molecule has 5 nitrogen and oxygen atoms in total. The van der Waals surface area contributed by atoms with Gasteiger partial charge in [0, 0.05) is 11.3 Å². The first-order valence-electron chi connectivity index (χ1n) is 10.0. The van der Waals surface area contributed by atoms with Gasteiger partial charge in [0.05, 0.1) is 25.2 Å². The topological polar surface area (TPSA) is 83.5 Å². The maximum atomic E-state index is 13.4. The largest absolute Gasteiger partial charge is 0.390 e. The molecule has 0 saturated heterocycles. The zero-order chi connectivity index (χ0) is 22.6. The Morgan fingerprint density at radius 3 is 2.45 bits per heavy atom. The van der Waals surface area contributed by atoms with E-state index in [1.54, 1.807) is 6.92 Å². The van der Waals surface area contributed by atoms with E-state index in [0.29, 0.717) is 18.5 Å². The number of fused-ring (bicyclic) bond motifs is 2. The van der Waals surface area contributed by atoms with Gasteiger partial charge in [-0.2, -0.15) is 0 Å². The van der Waals surface area contributed by atoms with Crippen LogP contribution >= 0.6 is 27.5 Å². The Balaban J connectivity index is 1.60. The summed E-state index contributed by atoms with van der Waals surface area (Å²) in [6.45, 7) is 1.80. The fourth-order valence-corrected chi connectivity index (χ4v) is 7.62. The first-order chi connectivity index (χ1) is 14.5. The van der Waals surface area contributed by atoms with Crippen molar-refractivity contribution in [3.8, 4) is 0 Å². The third kappa shape index (κ3) is 4.15. The Labute approximate surface area is 194 Å². The Kier molecular flexibility index (Phi) is 5.96. The van der Waals surface area contributed by atoms with Crippen molar-refractivity contribution in [3.63, 3.8) is 0 Å². The molecule has 2 aliphatic carbocycles. The summed E-state index contributed by atoms with van der Waals surface area (Å²) in [6, 6.07) is 8.19. The summed E-state index contributed by atoms with van der Waals surface area (Å²) in [5.41, 5.74) is -0.334. The van der Waals surface area contributed by atoms with Crippen LogP contribution in [0.2, 0.25) is 5.02 Å². The fourth-order valence-electron chi connectivity index (χ4n) is 4.84. The molecule has 2 bridgehead atoms. The number of nitrogens with one attached hydrogen (secondary N) is 1. The number of carbonyl (C=O) groups excluding carboxylic acids is 1. The molecule has 31 heavy (non-hydrogen) atoms. The Bertz CT molecular complexity index is 1140. The quantitative estimate of drug-likeness (QED) is 0.569. The summed E-state index contributed by atoms with van der Waals surface area (Å²) >= 11 is 9.30. The van der Waals surface area contributed by atoms with Crippen molar-refractivity contribution in [2.24, 2.45) is 11.8 Å². The number of aliphatic hydroxyl groups is 1. The molecule has 2 N–H and O–H groups in total. The van der Waals surface area contributed by atoms with Crippen LogP contribution in [0.25, 0.3) is 0 Å². The van der Waals surface area contributed by atoms with Crippen molar-refractivity contribution in [3.05, 3.63) is 57.3 Å². The SMILES string of the molecule is CC1(O)C2CC[C@H]1CC(S(=O)(=O)c1cc(C(=O)Nc3ccc(F)c(Br)c3)ccc1Cl)C2. The second-order valence-electron chi connectivity index (χ2n) is 8.56. The van der Waals surface area contributed by atoms with Gasteiger partial charge in [0.1, 0.15) is 5.82 Å². The summed E-state index contributed by atoms with van der Waals surface area (Å²) in [6.07, 6.45) is 2.38. The van der Waals surface area contributed by atoms with Gasteiger partial charge in [0.15, 0.2) is 9.84 Å². The van der Waals surface area contributed by atoms with Crippen LogP contribution in [0.15, 0.2) is 45.8 Å². The highest BCUT2D eigenvalue weighted by molar-refractivity contribution is 9.10. The summed E-state index contributed by atoms with van der Waals surface area (Å²) in [7, 11) is -3.79. The maximum Gasteiger partial charge on any atom is 0.255 e. The van der Waals surface area contributed by atoms with Gasteiger partial charge in [0.25, 0.3) is 5.91 Å². The summed E-state index contributed by atoms with van der Waals surface area (Å²) in [4.78, 5) is 12.6. The van der Waals surface area contributed by atoms with Crippen molar-refractivity contribution in [2.45, 2.75) is 48.4 Å². The van der Waals surface area contributed by atoms with Gasteiger partial charge in [-0.1, -0.05) is 11.6 Å². The number of amides is 1. The van der Waals surface area contributed by atoms with Gasteiger partial charge >= 0.3 is 0 Å². The summed E-state index contributed by atoms with van der Waals surface area (Å²) in [5.74, 6) is -1.11. The second kappa shape index (κ2) is 8.14. The summed E-state index contributed by atoms with van der Waals surface area (Å²) in [5, 5.41) is 12.7. The van der Waals surface area contributed by atoms with Crippen molar-refractivity contribution in [1.29, 1.82) is 0 Å². The zero-order valence-corrected chi connectivity index (χ0v) is 19.9. The molecular formula is C22H22BrClFNO4S. The van der Waals surface area contributed by atoms with Crippen LogP contribution in [0.3, 0.4) is 0 Å². The number of rotatable bonds is 4. The monoisotopic (exact) mass is 529 g/mol. The Hall–Kier alpha value is -1.48. The first-order valence-corrected chi connectivity index (χ1v) is 12.7. The number of carbonyl (C=O) groups is 1. The minimum Gasteiger partial charge on any atom is -0.390 e. The molecule has 2 fully saturated rings. The lowest BCUT2D eigenvalue weighted by molar-refractivity contribution is -0.0413. The average molecular weight is 531 g/mol. The van der Waals surface area contributed by atoms with Crippen LogP contribution < -0.4 is 5.32 Å². The lowest BCUT2D eigenvalue weighted by atomic mass is 9.76. The van der Waals surface area contributed by atoms with Crippen LogP contribution in [0.1, 0.15) is 43.0 Å². The van der Waals surface area contributed by atoms with Gasteiger partial charge in [-0.25, -0.2) is 12.8 Å². The maximum absolute atomic E-state index is 13.4. The van der Waals surface area contributed by atoms with Crippen LogP contribution in [0.5, 0.6) is 0 Å². The highest BCUT2D eigenvalue weighted by atomic mass is 79.9. The van der Waals surface area contributed by atoms with E-state index in [1.807, 2.05) is 0 Å². The van der Waals surface area contributed by atoms with Gasteiger partial charge < -0.3 is 10.4 Å². The molecule has 2 aliphatic rings. The van der Waals surface area contributed by atoms with Crippen LogP contribution in [0.4, 0.5) is 10.1 Å². The average Bonchev–Trinajstić information content (AvgIpc) is 2.87. The Morgan fingerprint density at radius 2 is 1.84 bits per heavy atom. The van der Waals surface area contributed by atoms with E-state index in [0.717, 1.165) is 12.8 Å².